The van der Waals surface area contributed by atoms with Gasteiger partial charge in [-0.25, -0.2) is 0 Å². The average Bonchev–Trinajstić information content (AvgIpc) is 2.50. The van der Waals surface area contributed by atoms with E-state index in [2.05, 4.69) is 0 Å². The Morgan fingerprint density at radius 2 is 1.14 bits per heavy atom. The highest BCUT2D eigenvalue weighted by Gasteiger charge is 1.96. The fraction of sp³-hybridized carbons (Fsp3) is 0.111. The summed E-state index contributed by atoms with van der Waals surface area (Å²) in [7, 11) is 0. The largest absolute Gasteiger partial charge is 0.508 e. The average molecular weight is 282 g/mol. The fourth-order valence-corrected chi connectivity index (χ4v) is 1.87. The normalized spacial score (nSPS) is 11.2. The molecule has 0 fully saturated rings. The summed E-state index contributed by atoms with van der Waals surface area (Å²) in [5.74, 6) is 0.578. The second-order valence-corrected chi connectivity index (χ2v) is 4.55. The molecule has 2 N–H and O–H groups in total. The van der Waals surface area contributed by atoms with Crippen LogP contribution in [0.5, 0.6) is 11.5 Å². The van der Waals surface area contributed by atoms with Crippen molar-refractivity contribution in [2.45, 2.75) is 12.8 Å². The number of rotatable bonds is 6. The van der Waals surface area contributed by atoms with E-state index in [1.807, 2.05) is 36.4 Å². The van der Waals surface area contributed by atoms with Crippen LogP contribution in [0.25, 0.3) is 0 Å². The summed E-state index contributed by atoms with van der Waals surface area (Å²) in [6, 6.07) is 14.4. The molecule has 2 rings (SSSR count). The van der Waals surface area contributed by atoms with Crippen LogP contribution in [-0.2, 0) is 17.6 Å². The molecule has 0 aliphatic heterocycles. The summed E-state index contributed by atoms with van der Waals surface area (Å²) in [6.45, 7) is 0. The molecule has 0 heterocycles. The Hall–Kier alpha value is -2.68. The third-order valence-electron chi connectivity index (χ3n) is 3.01. The van der Waals surface area contributed by atoms with E-state index in [1.165, 1.54) is 0 Å². The molecular formula is C18H18O3. The predicted molar refractivity (Wildman–Crippen MR) is 83.0 cm³/mol. The smallest absolute Gasteiger partial charge is 0.119 e. The standard InChI is InChI=1S/C18H18O3/c19-17-11-3-1-7-15(17)9-5-13-21-14-6-10-16-8-2-4-12-18(16)20/h1-8,11-14,19-20H,9-10H2. The maximum absolute atomic E-state index is 9.59. The Bertz CT molecular complexity index is 574. The Morgan fingerprint density at radius 3 is 1.57 bits per heavy atom. The first kappa shape index (κ1) is 14.7. The molecule has 0 aromatic heterocycles. The van der Waals surface area contributed by atoms with Crippen molar-refractivity contribution in [3.8, 4) is 11.5 Å². The van der Waals surface area contributed by atoms with Crippen molar-refractivity contribution in [3.05, 3.63) is 84.3 Å². The first-order chi connectivity index (χ1) is 10.3. The number of phenolic OH excluding ortho intramolecular Hbond substituents is 2. The van der Waals surface area contributed by atoms with Crippen molar-refractivity contribution in [1.82, 2.24) is 0 Å². The van der Waals surface area contributed by atoms with Gasteiger partial charge in [0.1, 0.15) is 11.5 Å². The summed E-state index contributed by atoms with van der Waals surface area (Å²) in [4.78, 5) is 0. The molecule has 0 amide bonds. The molecule has 0 aliphatic rings. The van der Waals surface area contributed by atoms with Crippen LogP contribution in [0.4, 0.5) is 0 Å². The zero-order chi connectivity index (χ0) is 14.9. The number of phenols is 2. The SMILES string of the molecule is Oc1ccccc1CC=COC=CCc1ccccc1O. The van der Waals surface area contributed by atoms with Crippen molar-refractivity contribution in [2.75, 3.05) is 0 Å². The fourth-order valence-electron chi connectivity index (χ4n) is 1.87. The molecule has 0 saturated carbocycles. The van der Waals surface area contributed by atoms with E-state index in [0.29, 0.717) is 12.8 Å². The van der Waals surface area contributed by atoms with Crippen LogP contribution in [0, 0.1) is 0 Å². The summed E-state index contributed by atoms with van der Waals surface area (Å²) in [5.41, 5.74) is 1.71. The zero-order valence-corrected chi connectivity index (χ0v) is 11.6. The highest BCUT2D eigenvalue weighted by molar-refractivity contribution is 5.33. The Kier molecular flexibility index (Phi) is 5.47. The highest BCUT2D eigenvalue weighted by atomic mass is 16.5. The minimum atomic E-state index is 0.289. The summed E-state index contributed by atoms with van der Waals surface area (Å²) in [6.07, 6.45) is 8.04. The Labute approximate surface area is 124 Å². The van der Waals surface area contributed by atoms with Crippen molar-refractivity contribution in [1.29, 1.82) is 0 Å². The van der Waals surface area contributed by atoms with Crippen molar-refractivity contribution in [3.63, 3.8) is 0 Å². The number of allylic oxidation sites excluding steroid dienone is 2. The second kappa shape index (κ2) is 7.80. The lowest BCUT2D eigenvalue weighted by Gasteiger charge is -2.00. The monoisotopic (exact) mass is 282 g/mol. The van der Waals surface area contributed by atoms with Gasteiger partial charge in [-0.1, -0.05) is 36.4 Å². The number of benzene rings is 2. The van der Waals surface area contributed by atoms with Gasteiger partial charge in [0.05, 0.1) is 12.5 Å². The van der Waals surface area contributed by atoms with Crippen LogP contribution >= 0.6 is 0 Å². The topological polar surface area (TPSA) is 49.7 Å². The van der Waals surface area contributed by atoms with Crippen LogP contribution in [-0.4, -0.2) is 10.2 Å². The van der Waals surface area contributed by atoms with Crippen LogP contribution in [0.3, 0.4) is 0 Å². The van der Waals surface area contributed by atoms with Crippen LogP contribution in [0.15, 0.2) is 73.2 Å². The van der Waals surface area contributed by atoms with Gasteiger partial charge in [-0.15, -0.1) is 0 Å². The number of para-hydroxylation sites is 2. The van der Waals surface area contributed by atoms with Crippen LogP contribution in [0.1, 0.15) is 11.1 Å². The third-order valence-corrected chi connectivity index (χ3v) is 3.01. The minimum absolute atomic E-state index is 0.289. The molecule has 0 atom stereocenters. The molecule has 0 aliphatic carbocycles. The zero-order valence-electron chi connectivity index (χ0n) is 11.6. The highest BCUT2D eigenvalue weighted by Crippen LogP contribution is 2.17. The van der Waals surface area contributed by atoms with Crippen molar-refractivity contribution < 1.29 is 14.9 Å². The first-order valence-electron chi connectivity index (χ1n) is 6.76. The molecule has 0 spiro atoms. The maximum atomic E-state index is 9.59. The number of hydrogen-bond donors (Lipinski definition) is 2. The minimum Gasteiger partial charge on any atom is -0.508 e. The maximum Gasteiger partial charge on any atom is 0.119 e. The van der Waals surface area contributed by atoms with Gasteiger partial charge in [0.2, 0.25) is 0 Å². The lowest BCUT2D eigenvalue weighted by Crippen LogP contribution is -1.82. The van der Waals surface area contributed by atoms with Crippen molar-refractivity contribution in [2.24, 2.45) is 0 Å². The molecule has 2 aromatic carbocycles. The number of aromatic hydroxyl groups is 2. The first-order valence-corrected chi connectivity index (χ1v) is 6.76. The Morgan fingerprint density at radius 1 is 0.714 bits per heavy atom. The van der Waals surface area contributed by atoms with Gasteiger partial charge in [0.25, 0.3) is 0 Å². The van der Waals surface area contributed by atoms with E-state index in [0.717, 1.165) is 11.1 Å². The molecule has 0 radical (unpaired) electrons. The van der Waals surface area contributed by atoms with E-state index in [-0.39, 0.29) is 11.5 Å². The molecule has 3 heteroatoms. The predicted octanol–water partition coefficient (Wildman–Crippen LogP) is 3.93. The molecule has 21 heavy (non-hydrogen) atoms. The summed E-state index contributed by atoms with van der Waals surface area (Å²) in [5, 5.41) is 19.2. The molecule has 0 bridgehead atoms. The molecule has 0 unspecified atom stereocenters. The summed E-state index contributed by atoms with van der Waals surface area (Å²) < 4.78 is 5.23. The molecule has 3 nitrogen and oxygen atoms in total. The van der Waals surface area contributed by atoms with E-state index in [1.54, 1.807) is 36.8 Å². The molecule has 0 saturated heterocycles. The van der Waals surface area contributed by atoms with E-state index < -0.39 is 0 Å². The number of ether oxygens (including phenoxy) is 1. The molecular weight excluding hydrogens is 264 g/mol. The third kappa shape index (κ3) is 4.73. The van der Waals surface area contributed by atoms with E-state index in [4.69, 9.17) is 4.74 Å². The second-order valence-electron chi connectivity index (χ2n) is 4.55. The molecule has 108 valence electrons. The van der Waals surface area contributed by atoms with Crippen LogP contribution in [0.2, 0.25) is 0 Å². The Balaban J connectivity index is 1.74. The number of hydrogen-bond acceptors (Lipinski definition) is 3. The van der Waals surface area contributed by atoms with Crippen molar-refractivity contribution >= 4 is 0 Å². The lowest BCUT2D eigenvalue weighted by molar-refractivity contribution is 0.399. The van der Waals surface area contributed by atoms with Crippen LogP contribution < -0.4 is 0 Å². The van der Waals surface area contributed by atoms with E-state index >= 15 is 0 Å². The lowest BCUT2D eigenvalue weighted by atomic mass is 10.1. The van der Waals surface area contributed by atoms with Gasteiger partial charge in [-0.05, 0) is 48.3 Å². The van der Waals surface area contributed by atoms with Gasteiger partial charge >= 0.3 is 0 Å². The molecule has 2 aromatic rings. The van der Waals surface area contributed by atoms with Gasteiger partial charge in [-0.3, -0.25) is 0 Å². The quantitative estimate of drug-likeness (QED) is 0.789. The van der Waals surface area contributed by atoms with E-state index in [9.17, 15) is 10.2 Å². The summed E-state index contributed by atoms with van der Waals surface area (Å²) >= 11 is 0. The van der Waals surface area contributed by atoms with Gasteiger partial charge in [-0.2, -0.15) is 0 Å². The van der Waals surface area contributed by atoms with Gasteiger partial charge in [0, 0.05) is 0 Å². The van der Waals surface area contributed by atoms with Gasteiger partial charge < -0.3 is 14.9 Å². The van der Waals surface area contributed by atoms with Gasteiger partial charge in [0.15, 0.2) is 0 Å².